The van der Waals surface area contributed by atoms with E-state index >= 15 is 0 Å². The van der Waals surface area contributed by atoms with Gasteiger partial charge in [0, 0.05) is 12.1 Å². The Morgan fingerprint density at radius 2 is 1.81 bits per heavy atom. The van der Waals surface area contributed by atoms with Gasteiger partial charge in [-0.2, -0.15) is 5.10 Å². The first kappa shape index (κ1) is 21.4. The van der Waals surface area contributed by atoms with Gasteiger partial charge in [0.1, 0.15) is 4.90 Å². The predicted octanol–water partition coefficient (Wildman–Crippen LogP) is 4.22. The second-order valence-electron chi connectivity index (χ2n) is 6.51. The monoisotopic (exact) mass is 474 g/mol. The summed E-state index contributed by atoms with van der Waals surface area (Å²) < 4.78 is 38.9. The number of hydrogen-bond donors (Lipinski definition) is 2. The van der Waals surface area contributed by atoms with Gasteiger partial charge in [0.25, 0.3) is 15.7 Å². The number of non-ortho nitro benzene ring substituents is 1. The number of nitro groups is 1. The fraction of sp³-hybridized carbons (Fsp3) is 0.0500. The van der Waals surface area contributed by atoms with Crippen molar-refractivity contribution >= 4 is 44.9 Å². The maximum atomic E-state index is 13.0. The summed E-state index contributed by atoms with van der Waals surface area (Å²) in [6.07, 6.45) is 1.45. The number of ether oxygens (including phenoxy) is 2. The minimum Gasteiger partial charge on any atom is -0.454 e. The Labute approximate surface area is 187 Å². The molecule has 0 amide bonds. The van der Waals surface area contributed by atoms with Gasteiger partial charge in [0.2, 0.25) is 6.79 Å². The highest BCUT2D eigenvalue weighted by Crippen LogP contribution is 2.32. The van der Waals surface area contributed by atoms with Crippen molar-refractivity contribution in [1.29, 1.82) is 0 Å². The van der Waals surface area contributed by atoms with Crippen molar-refractivity contribution < 1.29 is 22.8 Å². The molecular weight excluding hydrogens is 460 g/mol. The van der Waals surface area contributed by atoms with Gasteiger partial charge in [-0.05, 0) is 42.0 Å². The summed E-state index contributed by atoms with van der Waals surface area (Å²) in [5.74, 6) is 1.18. The molecule has 0 saturated heterocycles. The van der Waals surface area contributed by atoms with E-state index in [1.807, 2.05) is 0 Å². The molecule has 164 valence electrons. The van der Waals surface area contributed by atoms with Crippen LogP contribution in [0.15, 0.2) is 70.7 Å². The molecule has 0 fully saturated rings. The van der Waals surface area contributed by atoms with Gasteiger partial charge in [-0.3, -0.25) is 20.3 Å². The highest BCUT2D eigenvalue weighted by atomic mass is 35.5. The van der Waals surface area contributed by atoms with Crippen molar-refractivity contribution in [1.82, 2.24) is 0 Å². The lowest BCUT2D eigenvalue weighted by atomic mass is 10.2. The fourth-order valence-corrected chi connectivity index (χ4v) is 4.35. The molecule has 12 heteroatoms. The molecule has 0 aromatic heterocycles. The number of anilines is 2. The molecule has 0 unspecified atom stereocenters. The van der Waals surface area contributed by atoms with Crippen LogP contribution in [0.4, 0.5) is 17.1 Å². The summed E-state index contributed by atoms with van der Waals surface area (Å²) >= 11 is 6.04. The molecule has 10 nitrogen and oxygen atoms in total. The van der Waals surface area contributed by atoms with Crippen LogP contribution in [0.25, 0.3) is 0 Å². The Hall–Kier alpha value is -3.83. The maximum Gasteiger partial charge on any atom is 0.270 e. The molecule has 1 aliphatic rings. The highest BCUT2D eigenvalue weighted by Gasteiger charge is 2.23. The minimum atomic E-state index is -4.24. The summed E-state index contributed by atoms with van der Waals surface area (Å²) in [5, 5.41) is 15.4. The number of sulfonamides is 1. The lowest BCUT2D eigenvalue weighted by Gasteiger charge is -2.12. The van der Waals surface area contributed by atoms with E-state index in [0.29, 0.717) is 17.1 Å². The Balaban J connectivity index is 1.63. The topological polar surface area (TPSA) is 132 Å². The van der Waals surface area contributed by atoms with E-state index in [9.17, 15) is 18.5 Å². The average Bonchev–Trinajstić information content (AvgIpc) is 3.23. The van der Waals surface area contributed by atoms with E-state index in [-0.39, 0.29) is 28.1 Å². The third-order valence-corrected chi connectivity index (χ3v) is 6.11. The second kappa shape index (κ2) is 8.73. The molecule has 4 rings (SSSR count). The SMILES string of the molecule is O=[N+]([O-])c1ccc(NN=Cc2ccc3c(c2)OCO3)c(S(=O)(=O)Nc2ccccc2Cl)c1. The van der Waals surface area contributed by atoms with Crippen molar-refractivity contribution in [3.8, 4) is 11.5 Å². The predicted molar refractivity (Wildman–Crippen MR) is 119 cm³/mol. The number of nitrogens with one attached hydrogen (secondary N) is 2. The number of hydrogen-bond acceptors (Lipinski definition) is 8. The van der Waals surface area contributed by atoms with Crippen molar-refractivity contribution in [2.45, 2.75) is 4.90 Å². The number of rotatable bonds is 7. The van der Waals surface area contributed by atoms with Gasteiger partial charge in [0.05, 0.1) is 27.5 Å². The molecular formula is C20H15ClN4O6S. The normalized spacial score (nSPS) is 12.7. The van der Waals surface area contributed by atoms with Gasteiger partial charge in [-0.25, -0.2) is 8.42 Å². The number of fused-ring (bicyclic) bond motifs is 1. The summed E-state index contributed by atoms with van der Waals surface area (Å²) in [4.78, 5) is 10.1. The van der Waals surface area contributed by atoms with E-state index < -0.39 is 20.6 Å². The molecule has 0 atom stereocenters. The molecule has 2 N–H and O–H groups in total. The smallest absolute Gasteiger partial charge is 0.270 e. The fourth-order valence-electron chi connectivity index (χ4n) is 2.85. The lowest BCUT2D eigenvalue weighted by molar-refractivity contribution is -0.385. The summed E-state index contributed by atoms with van der Waals surface area (Å²) in [5.41, 5.74) is 3.07. The van der Waals surface area contributed by atoms with Gasteiger partial charge in [-0.15, -0.1) is 0 Å². The van der Waals surface area contributed by atoms with Gasteiger partial charge < -0.3 is 9.47 Å². The number of nitro benzene ring substituents is 1. The van der Waals surface area contributed by atoms with Gasteiger partial charge >= 0.3 is 0 Å². The van der Waals surface area contributed by atoms with Crippen LogP contribution in [-0.2, 0) is 10.0 Å². The number of nitrogens with zero attached hydrogens (tertiary/aromatic N) is 2. The third-order valence-electron chi connectivity index (χ3n) is 4.38. The molecule has 3 aromatic rings. The van der Waals surface area contributed by atoms with Crippen LogP contribution in [0.2, 0.25) is 5.02 Å². The highest BCUT2D eigenvalue weighted by molar-refractivity contribution is 7.93. The quantitative estimate of drug-likeness (QED) is 0.297. The zero-order chi connectivity index (χ0) is 22.7. The van der Waals surface area contributed by atoms with Gasteiger partial charge in [-0.1, -0.05) is 23.7 Å². The zero-order valence-electron chi connectivity index (χ0n) is 16.2. The Kier molecular flexibility index (Phi) is 5.84. The van der Waals surface area contributed by atoms with Crippen molar-refractivity contribution in [3.63, 3.8) is 0 Å². The second-order valence-corrected chi connectivity index (χ2v) is 8.56. The van der Waals surface area contributed by atoms with E-state index in [4.69, 9.17) is 21.1 Å². The number of para-hydroxylation sites is 1. The van der Waals surface area contributed by atoms with Crippen LogP contribution < -0.4 is 19.6 Å². The minimum absolute atomic E-state index is 0.0344. The van der Waals surface area contributed by atoms with E-state index in [1.54, 1.807) is 30.3 Å². The average molecular weight is 475 g/mol. The van der Waals surface area contributed by atoms with Crippen LogP contribution in [-0.4, -0.2) is 26.3 Å². The maximum absolute atomic E-state index is 13.0. The molecule has 3 aromatic carbocycles. The zero-order valence-corrected chi connectivity index (χ0v) is 17.8. The van der Waals surface area contributed by atoms with Crippen LogP contribution >= 0.6 is 11.6 Å². The Morgan fingerprint density at radius 1 is 1.03 bits per heavy atom. The summed E-state index contributed by atoms with van der Waals surface area (Å²) in [6, 6.07) is 14.8. The van der Waals surface area contributed by atoms with Gasteiger partial charge in [0.15, 0.2) is 11.5 Å². The van der Waals surface area contributed by atoms with Crippen molar-refractivity contribution in [3.05, 3.63) is 81.4 Å². The molecule has 0 spiro atoms. The molecule has 1 heterocycles. The molecule has 0 radical (unpaired) electrons. The first-order valence-electron chi connectivity index (χ1n) is 9.08. The molecule has 32 heavy (non-hydrogen) atoms. The first-order valence-corrected chi connectivity index (χ1v) is 10.9. The van der Waals surface area contributed by atoms with Crippen molar-refractivity contribution in [2.24, 2.45) is 5.10 Å². The number of benzene rings is 3. The van der Waals surface area contributed by atoms with E-state index in [0.717, 1.165) is 6.07 Å². The van der Waals surface area contributed by atoms with Crippen molar-refractivity contribution in [2.75, 3.05) is 16.9 Å². The standard InChI is InChI=1S/C20H15ClN4O6S/c21-15-3-1-2-4-16(15)24-32(28,29)20-10-14(25(26)27)6-7-17(20)23-22-11-13-5-8-18-19(9-13)31-12-30-18/h1-11,23-24H,12H2. The summed E-state index contributed by atoms with van der Waals surface area (Å²) in [6.45, 7) is 0.136. The van der Waals surface area contributed by atoms with E-state index in [2.05, 4.69) is 15.2 Å². The van der Waals surface area contributed by atoms with Crippen LogP contribution in [0.1, 0.15) is 5.56 Å². The lowest BCUT2D eigenvalue weighted by Crippen LogP contribution is -2.15. The summed E-state index contributed by atoms with van der Waals surface area (Å²) in [7, 11) is -4.24. The Bertz CT molecular complexity index is 1330. The van der Waals surface area contributed by atoms with Crippen LogP contribution in [0.5, 0.6) is 11.5 Å². The van der Waals surface area contributed by atoms with Crippen LogP contribution in [0.3, 0.4) is 0 Å². The van der Waals surface area contributed by atoms with E-state index in [1.165, 1.54) is 30.5 Å². The Morgan fingerprint density at radius 3 is 2.59 bits per heavy atom. The first-order chi connectivity index (χ1) is 15.3. The number of hydrazone groups is 1. The largest absolute Gasteiger partial charge is 0.454 e. The molecule has 0 saturated carbocycles. The molecule has 0 bridgehead atoms. The van der Waals surface area contributed by atoms with Crippen LogP contribution in [0, 0.1) is 10.1 Å². The third kappa shape index (κ3) is 4.58. The number of halogens is 1. The molecule has 1 aliphatic heterocycles. The molecule has 0 aliphatic carbocycles.